The second-order valence-electron chi connectivity index (χ2n) is 5.75. The molecule has 0 unspecified atom stereocenters. The van der Waals surface area contributed by atoms with Crippen molar-refractivity contribution in [3.05, 3.63) is 56.3 Å². The molecule has 130 valence electrons. The number of imidazole rings is 1. The number of unbranched alkanes of at least 4 members (excludes halogenated alkanes) is 1. The number of Topliss-reactive ketones (excluding diaryl/α,β-unsaturated/α-hetero) is 1. The van der Waals surface area contributed by atoms with Crippen LogP contribution in [0, 0.1) is 15.5 Å². The van der Waals surface area contributed by atoms with Crippen molar-refractivity contribution in [3.8, 4) is 0 Å². The summed E-state index contributed by atoms with van der Waals surface area (Å²) in [5.74, 6) is -0.227. The summed E-state index contributed by atoms with van der Waals surface area (Å²) in [6.45, 7) is 2.81. The number of aryl methyl sites for hydroxylation is 1. The smallest absolute Gasteiger partial charge is 0.280 e. The highest BCUT2D eigenvalue weighted by molar-refractivity contribution is 7.12. The minimum atomic E-state index is -0.507. The van der Waals surface area contributed by atoms with Crippen LogP contribution < -0.4 is 5.62 Å². The van der Waals surface area contributed by atoms with Gasteiger partial charge < -0.3 is 9.13 Å². The number of carbonyl (C=O) groups excluding carboxylic acids is 1. The molecular weight excluding hydrogens is 340 g/mol. The zero-order chi connectivity index (χ0) is 18.0. The number of nitro groups is 1. The highest BCUT2D eigenvalue weighted by Gasteiger charge is 2.18. The molecule has 1 aromatic carbocycles. The normalized spacial score (nSPS) is 11.1. The van der Waals surface area contributed by atoms with Crippen LogP contribution in [0.5, 0.6) is 0 Å². The third-order valence-electron chi connectivity index (χ3n) is 4.08. The zero-order valence-electron chi connectivity index (χ0n) is 13.8. The van der Waals surface area contributed by atoms with Crippen molar-refractivity contribution < 1.29 is 9.72 Å². The molecule has 0 spiro atoms. The van der Waals surface area contributed by atoms with E-state index in [2.05, 4.69) is 6.92 Å². The summed E-state index contributed by atoms with van der Waals surface area (Å²) in [6.07, 6.45) is 1.97. The van der Waals surface area contributed by atoms with Gasteiger partial charge in [-0.1, -0.05) is 25.5 Å². The topological polar surface area (TPSA) is 93.9 Å². The highest BCUT2D eigenvalue weighted by Crippen LogP contribution is 2.22. The molecule has 0 amide bonds. The first-order chi connectivity index (χ1) is 12.0. The van der Waals surface area contributed by atoms with E-state index in [0.717, 1.165) is 41.8 Å². The number of ketones is 1. The van der Waals surface area contributed by atoms with Crippen LogP contribution >= 0.6 is 11.3 Å². The van der Waals surface area contributed by atoms with Crippen molar-refractivity contribution in [1.29, 1.82) is 5.41 Å². The van der Waals surface area contributed by atoms with Gasteiger partial charge in [-0.3, -0.25) is 20.3 Å². The SMILES string of the molecule is CCCCn1c(=N)n(CC(=O)c2cc([N+](=O)[O-])cs2)c2ccccc21. The molecule has 25 heavy (non-hydrogen) atoms. The van der Waals surface area contributed by atoms with Crippen molar-refractivity contribution in [3.63, 3.8) is 0 Å². The average molecular weight is 358 g/mol. The number of hydrogen-bond acceptors (Lipinski definition) is 5. The fourth-order valence-electron chi connectivity index (χ4n) is 2.79. The lowest BCUT2D eigenvalue weighted by Gasteiger charge is -2.03. The summed E-state index contributed by atoms with van der Waals surface area (Å²) in [7, 11) is 0. The number of thiophene rings is 1. The number of nitrogens with zero attached hydrogens (tertiary/aromatic N) is 3. The number of nitrogens with one attached hydrogen (secondary N) is 1. The number of rotatable bonds is 7. The van der Waals surface area contributed by atoms with Crippen LogP contribution in [0.2, 0.25) is 0 Å². The fourth-order valence-corrected chi connectivity index (χ4v) is 3.57. The number of para-hydroxylation sites is 2. The predicted molar refractivity (Wildman–Crippen MR) is 96.0 cm³/mol. The van der Waals surface area contributed by atoms with E-state index in [1.165, 1.54) is 11.4 Å². The van der Waals surface area contributed by atoms with Crippen molar-refractivity contribution in [1.82, 2.24) is 9.13 Å². The molecule has 2 aromatic heterocycles. The molecule has 2 heterocycles. The Morgan fingerprint density at radius 2 is 1.96 bits per heavy atom. The Morgan fingerprint density at radius 1 is 1.28 bits per heavy atom. The van der Waals surface area contributed by atoms with Gasteiger partial charge in [-0.2, -0.15) is 0 Å². The first-order valence-electron chi connectivity index (χ1n) is 8.01. The third-order valence-corrected chi connectivity index (χ3v) is 5.04. The van der Waals surface area contributed by atoms with E-state index in [1.807, 2.05) is 28.8 Å². The Hall–Kier alpha value is -2.74. The van der Waals surface area contributed by atoms with E-state index in [-0.39, 0.29) is 23.6 Å². The second kappa shape index (κ2) is 7.02. The molecule has 0 aliphatic rings. The average Bonchev–Trinajstić information content (AvgIpc) is 3.19. The Bertz CT molecular complexity index is 999. The third kappa shape index (κ3) is 3.25. The lowest BCUT2D eigenvalue weighted by molar-refractivity contribution is -0.384. The van der Waals surface area contributed by atoms with E-state index < -0.39 is 4.92 Å². The number of benzene rings is 1. The first-order valence-corrected chi connectivity index (χ1v) is 8.89. The van der Waals surface area contributed by atoms with E-state index >= 15 is 0 Å². The molecule has 7 nitrogen and oxygen atoms in total. The van der Waals surface area contributed by atoms with Crippen LogP contribution in [0.4, 0.5) is 5.69 Å². The quantitative estimate of drug-likeness (QED) is 0.397. The van der Waals surface area contributed by atoms with Gasteiger partial charge in [-0.15, -0.1) is 11.3 Å². The summed E-state index contributed by atoms with van der Waals surface area (Å²) in [4.78, 5) is 23.2. The van der Waals surface area contributed by atoms with Gasteiger partial charge in [0.15, 0.2) is 5.78 Å². The van der Waals surface area contributed by atoms with Gasteiger partial charge in [0.2, 0.25) is 5.62 Å². The number of aromatic nitrogens is 2. The Labute approximate surface area is 147 Å². The van der Waals surface area contributed by atoms with Crippen molar-refractivity contribution >= 4 is 33.8 Å². The van der Waals surface area contributed by atoms with Crippen LogP contribution in [-0.2, 0) is 13.1 Å². The molecule has 0 saturated heterocycles. The van der Waals surface area contributed by atoms with E-state index in [0.29, 0.717) is 4.88 Å². The Morgan fingerprint density at radius 3 is 2.56 bits per heavy atom. The standard InChI is InChI=1S/C17H18N4O3S/c1-2-3-8-19-13-6-4-5-7-14(13)20(17(19)18)10-15(22)16-9-12(11-25-16)21(23)24/h4-7,9,11,18H,2-3,8,10H2,1H3. The molecular formula is C17H18N4O3S. The molecule has 8 heteroatoms. The van der Waals surface area contributed by atoms with Gasteiger partial charge in [0, 0.05) is 12.6 Å². The van der Waals surface area contributed by atoms with Gasteiger partial charge >= 0.3 is 0 Å². The van der Waals surface area contributed by atoms with Crippen molar-refractivity contribution in [2.45, 2.75) is 32.9 Å². The number of hydrogen-bond donors (Lipinski definition) is 1. The number of fused-ring (bicyclic) bond motifs is 1. The molecule has 0 aliphatic carbocycles. The zero-order valence-corrected chi connectivity index (χ0v) is 14.6. The van der Waals surface area contributed by atoms with Gasteiger partial charge in [0.05, 0.1) is 32.8 Å². The van der Waals surface area contributed by atoms with Gasteiger partial charge in [0.25, 0.3) is 5.69 Å². The Kier molecular flexibility index (Phi) is 4.80. The van der Waals surface area contributed by atoms with Crippen LogP contribution in [-0.4, -0.2) is 19.8 Å². The number of carbonyl (C=O) groups is 1. The maximum Gasteiger partial charge on any atom is 0.280 e. The van der Waals surface area contributed by atoms with Crippen LogP contribution in [0.3, 0.4) is 0 Å². The second-order valence-corrected chi connectivity index (χ2v) is 6.66. The van der Waals surface area contributed by atoms with Crippen molar-refractivity contribution in [2.75, 3.05) is 0 Å². The lowest BCUT2D eigenvalue weighted by atomic mass is 10.2. The molecule has 0 bridgehead atoms. The Balaban J connectivity index is 1.97. The first kappa shape index (κ1) is 17.1. The lowest BCUT2D eigenvalue weighted by Crippen LogP contribution is -2.27. The van der Waals surface area contributed by atoms with E-state index in [1.54, 1.807) is 4.57 Å². The molecule has 3 rings (SSSR count). The molecule has 0 radical (unpaired) electrons. The van der Waals surface area contributed by atoms with E-state index in [9.17, 15) is 14.9 Å². The maximum absolute atomic E-state index is 12.5. The van der Waals surface area contributed by atoms with Crippen LogP contribution in [0.25, 0.3) is 11.0 Å². The van der Waals surface area contributed by atoms with Crippen LogP contribution in [0.1, 0.15) is 29.4 Å². The fraction of sp³-hybridized carbons (Fsp3) is 0.294. The minimum Gasteiger partial charge on any atom is -0.310 e. The molecule has 0 saturated carbocycles. The molecule has 0 atom stereocenters. The van der Waals surface area contributed by atoms with Crippen molar-refractivity contribution in [2.24, 2.45) is 0 Å². The molecule has 0 fully saturated rings. The summed E-state index contributed by atoms with van der Waals surface area (Å²) >= 11 is 1.06. The largest absolute Gasteiger partial charge is 0.310 e. The van der Waals surface area contributed by atoms with Crippen LogP contribution in [0.15, 0.2) is 35.7 Å². The minimum absolute atomic E-state index is 0.00383. The van der Waals surface area contributed by atoms with Gasteiger partial charge in [0.1, 0.15) is 0 Å². The van der Waals surface area contributed by atoms with E-state index in [4.69, 9.17) is 5.41 Å². The summed E-state index contributed by atoms with van der Waals surface area (Å²) in [5, 5.41) is 20.6. The highest BCUT2D eigenvalue weighted by atomic mass is 32.1. The summed E-state index contributed by atoms with van der Waals surface area (Å²) in [6, 6.07) is 8.93. The summed E-state index contributed by atoms with van der Waals surface area (Å²) < 4.78 is 3.57. The monoisotopic (exact) mass is 358 g/mol. The maximum atomic E-state index is 12.5. The molecule has 1 N–H and O–H groups in total. The predicted octanol–water partition coefficient (Wildman–Crippen LogP) is 3.57. The molecule has 3 aromatic rings. The van der Waals surface area contributed by atoms with Gasteiger partial charge in [-0.05, 0) is 18.6 Å². The summed E-state index contributed by atoms with van der Waals surface area (Å²) in [5.41, 5.74) is 1.94. The molecule has 0 aliphatic heterocycles. The van der Waals surface area contributed by atoms with Gasteiger partial charge in [-0.25, -0.2) is 0 Å².